The predicted octanol–water partition coefficient (Wildman–Crippen LogP) is 3.33. The summed E-state index contributed by atoms with van der Waals surface area (Å²) in [6.07, 6.45) is 5.56. The molecule has 0 radical (unpaired) electrons. The molecule has 5 heteroatoms. The molecule has 2 amide bonds. The average molecular weight is 355 g/mol. The largest absolute Gasteiger partial charge is 0.368 e. The number of hydrogen-bond donors (Lipinski definition) is 3. The molecule has 4 N–H and O–H groups in total. The summed E-state index contributed by atoms with van der Waals surface area (Å²) >= 11 is 0. The van der Waals surface area contributed by atoms with E-state index < -0.39 is 11.4 Å². The lowest BCUT2D eigenvalue weighted by molar-refractivity contribution is -0.131. The molecule has 26 heavy (non-hydrogen) atoms. The number of hydrogen-bond acceptors (Lipinski definition) is 2. The summed E-state index contributed by atoms with van der Waals surface area (Å²) in [6, 6.07) is 4.25. The van der Waals surface area contributed by atoms with Gasteiger partial charge in [-0.3, -0.25) is 9.59 Å². The van der Waals surface area contributed by atoms with Crippen molar-refractivity contribution in [3.63, 3.8) is 0 Å². The van der Waals surface area contributed by atoms with Crippen LogP contribution in [0.1, 0.15) is 60.9 Å². The van der Waals surface area contributed by atoms with Gasteiger partial charge in [0.05, 0.1) is 6.42 Å². The molecule has 0 aliphatic heterocycles. The maximum absolute atomic E-state index is 12.8. The number of amides is 2. The molecule has 0 atom stereocenters. The molecule has 0 unspecified atom stereocenters. The number of aromatic nitrogens is 1. The first-order valence-corrected chi connectivity index (χ1v) is 9.52. The van der Waals surface area contributed by atoms with E-state index in [1.807, 2.05) is 6.92 Å². The lowest BCUT2D eigenvalue weighted by Gasteiger charge is -2.30. The van der Waals surface area contributed by atoms with Gasteiger partial charge in [0.1, 0.15) is 5.54 Å². The van der Waals surface area contributed by atoms with Crippen molar-refractivity contribution in [3.05, 3.63) is 34.5 Å². The van der Waals surface area contributed by atoms with E-state index in [2.05, 4.69) is 36.3 Å². The van der Waals surface area contributed by atoms with Gasteiger partial charge in [-0.15, -0.1) is 0 Å². The first-order valence-electron chi connectivity index (χ1n) is 9.52. The quantitative estimate of drug-likeness (QED) is 0.735. The van der Waals surface area contributed by atoms with E-state index in [0.717, 1.165) is 47.8 Å². The Balaban J connectivity index is 1.87. The van der Waals surface area contributed by atoms with Crippen molar-refractivity contribution in [1.29, 1.82) is 0 Å². The van der Waals surface area contributed by atoms with Gasteiger partial charge in [-0.2, -0.15) is 0 Å². The maximum atomic E-state index is 12.8. The highest BCUT2D eigenvalue weighted by atomic mass is 16.2. The Morgan fingerprint density at radius 1 is 1.12 bits per heavy atom. The van der Waals surface area contributed by atoms with Gasteiger partial charge >= 0.3 is 0 Å². The Kier molecular flexibility index (Phi) is 5.08. The first-order chi connectivity index (χ1) is 12.3. The molecule has 2 aromatic rings. The summed E-state index contributed by atoms with van der Waals surface area (Å²) in [5.41, 5.74) is 10.2. The average Bonchev–Trinajstić information content (AvgIpc) is 2.74. The zero-order valence-corrected chi connectivity index (χ0v) is 16.0. The third kappa shape index (κ3) is 3.48. The zero-order chi connectivity index (χ0) is 18.9. The number of H-pyrrole nitrogens is 1. The van der Waals surface area contributed by atoms with Crippen molar-refractivity contribution in [2.75, 3.05) is 0 Å². The SMILES string of the molecule is Cc1cc(C)c2[nH]c(C)c(CC(=O)NC3(C(N)=O)CCCCCC3)c2c1. The lowest BCUT2D eigenvalue weighted by atomic mass is 9.89. The highest BCUT2D eigenvalue weighted by Crippen LogP contribution is 2.29. The fourth-order valence-corrected chi connectivity index (χ4v) is 4.30. The van der Waals surface area contributed by atoms with Gasteiger partial charge in [0.2, 0.25) is 11.8 Å². The van der Waals surface area contributed by atoms with Crippen LogP contribution in [0.5, 0.6) is 0 Å². The molecular formula is C21H29N3O2. The van der Waals surface area contributed by atoms with E-state index in [1.54, 1.807) is 0 Å². The van der Waals surface area contributed by atoms with E-state index in [4.69, 9.17) is 5.73 Å². The number of carbonyl (C=O) groups is 2. The summed E-state index contributed by atoms with van der Waals surface area (Å²) in [7, 11) is 0. The van der Waals surface area contributed by atoms with Gasteiger partial charge in [0, 0.05) is 16.6 Å². The monoisotopic (exact) mass is 355 g/mol. The molecule has 3 rings (SSSR count). The summed E-state index contributed by atoms with van der Waals surface area (Å²) in [4.78, 5) is 28.4. The van der Waals surface area contributed by atoms with Crippen molar-refractivity contribution in [1.82, 2.24) is 10.3 Å². The van der Waals surface area contributed by atoms with Crippen LogP contribution in [0.15, 0.2) is 12.1 Å². The third-order valence-corrected chi connectivity index (χ3v) is 5.71. The molecule has 5 nitrogen and oxygen atoms in total. The van der Waals surface area contributed by atoms with Crippen LogP contribution < -0.4 is 11.1 Å². The first kappa shape index (κ1) is 18.5. The number of benzene rings is 1. The molecule has 140 valence electrons. The van der Waals surface area contributed by atoms with E-state index >= 15 is 0 Å². The molecule has 0 bridgehead atoms. The number of carbonyl (C=O) groups excluding carboxylic acids is 2. The van der Waals surface area contributed by atoms with Crippen LogP contribution in [0.4, 0.5) is 0 Å². The number of primary amides is 1. The van der Waals surface area contributed by atoms with E-state index in [1.165, 1.54) is 11.1 Å². The maximum Gasteiger partial charge on any atom is 0.243 e. The molecule has 0 saturated heterocycles. The minimum Gasteiger partial charge on any atom is -0.368 e. The molecule has 1 fully saturated rings. The van der Waals surface area contributed by atoms with Crippen molar-refractivity contribution >= 4 is 22.7 Å². The van der Waals surface area contributed by atoms with Gasteiger partial charge in [-0.05, 0) is 50.8 Å². The Hall–Kier alpha value is -2.30. The van der Waals surface area contributed by atoms with Crippen LogP contribution in [0.3, 0.4) is 0 Å². The highest BCUT2D eigenvalue weighted by Gasteiger charge is 2.38. The van der Waals surface area contributed by atoms with E-state index in [9.17, 15) is 9.59 Å². The lowest BCUT2D eigenvalue weighted by Crippen LogP contribution is -2.57. The fourth-order valence-electron chi connectivity index (χ4n) is 4.30. The van der Waals surface area contributed by atoms with Crippen molar-refractivity contribution in [2.45, 2.75) is 71.3 Å². The number of fused-ring (bicyclic) bond motifs is 1. The number of nitrogens with two attached hydrogens (primary N) is 1. The Labute approximate surface area is 154 Å². The van der Waals surface area contributed by atoms with Crippen molar-refractivity contribution < 1.29 is 9.59 Å². The summed E-state index contributed by atoms with van der Waals surface area (Å²) in [6.45, 7) is 6.13. The second kappa shape index (κ2) is 7.14. The molecule has 1 aliphatic carbocycles. The minimum atomic E-state index is -0.889. The van der Waals surface area contributed by atoms with Crippen molar-refractivity contribution in [2.24, 2.45) is 5.73 Å². The van der Waals surface area contributed by atoms with Crippen LogP contribution in [-0.2, 0) is 16.0 Å². The predicted molar refractivity (Wildman–Crippen MR) is 104 cm³/mol. The smallest absolute Gasteiger partial charge is 0.243 e. The molecule has 1 aromatic carbocycles. The number of nitrogens with one attached hydrogen (secondary N) is 2. The standard InChI is InChI=1S/C21H29N3O2/c1-13-10-14(2)19-17(11-13)16(15(3)23-19)12-18(25)24-21(20(22)26)8-6-4-5-7-9-21/h10-11,23H,4-9,12H2,1-3H3,(H2,22,26)(H,24,25). The van der Waals surface area contributed by atoms with E-state index in [0.29, 0.717) is 12.8 Å². The summed E-state index contributed by atoms with van der Waals surface area (Å²) < 4.78 is 0. The van der Waals surface area contributed by atoms with Crippen LogP contribution in [-0.4, -0.2) is 22.3 Å². The van der Waals surface area contributed by atoms with Gasteiger partial charge in [-0.25, -0.2) is 0 Å². The Bertz CT molecular complexity index is 843. The molecule has 0 spiro atoms. The van der Waals surface area contributed by atoms with Crippen molar-refractivity contribution in [3.8, 4) is 0 Å². The van der Waals surface area contributed by atoms with Crippen LogP contribution >= 0.6 is 0 Å². The van der Waals surface area contributed by atoms with Gasteiger partial charge in [0.15, 0.2) is 0 Å². The van der Waals surface area contributed by atoms with Gasteiger partial charge in [0.25, 0.3) is 0 Å². The summed E-state index contributed by atoms with van der Waals surface area (Å²) in [5, 5.41) is 4.09. The van der Waals surface area contributed by atoms with Gasteiger partial charge in [-0.1, -0.05) is 37.3 Å². The van der Waals surface area contributed by atoms with Crippen LogP contribution in [0.2, 0.25) is 0 Å². The Morgan fingerprint density at radius 3 is 2.38 bits per heavy atom. The normalized spacial score (nSPS) is 17.0. The third-order valence-electron chi connectivity index (χ3n) is 5.71. The summed E-state index contributed by atoms with van der Waals surface area (Å²) in [5.74, 6) is -0.538. The number of rotatable bonds is 4. The number of aromatic amines is 1. The molecule has 1 aromatic heterocycles. The van der Waals surface area contributed by atoms with Gasteiger partial charge < -0.3 is 16.0 Å². The zero-order valence-electron chi connectivity index (χ0n) is 16.0. The second-order valence-electron chi connectivity index (χ2n) is 7.82. The minimum absolute atomic E-state index is 0.131. The second-order valence-corrected chi connectivity index (χ2v) is 7.82. The van der Waals surface area contributed by atoms with Crippen LogP contribution in [0, 0.1) is 20.8 Å². The highest BCUT2D eigenvalue weighted by molar-refractivity contribution is 5.95. The topological polar surface area (TPSA) is 88.0 Å². The molecule has 1 heterocycles. The van der Waals surface area contributed by atoms with E-state index in [-0.39, 0.29) is 12.3 Å². The molecular weight excluding hydrogens is 326 g/mol. The molecule has 1 saturated carbocycles. The molecule has 1 aliphatic rings. The fraction of sp³-hybridized carbons (Fsp3) is 0.524. The Morgan fingerprint density at radius 2 is 1.77 bits per heavy atom. The number of aryl methyl sites for hydroxylation is 3. The van der Waals surface area contributed by atoms with Crippen LogP contribution in [0.25, 0.3) is 10.9 Å².